The lowest BCUT2D eigenvalue weighted by molar-refractivity contribution is 0.112. The number of fused-ring (bicyclic) bond motifs is 1. The quantitative estimate of drug-likeness (QED) is 0.552. The molecule has 0 fully saturated rings. The first-order valence-electron chi connectivity index (χ1n) is 3.68. The summed E-state index contributed by atoms with van der Waals surface area (Å²) in [6.45, 7) is 0. The first-order valence-corrected chi connectivity index (χ1v) is 4.50. The normalized spacial score (nSPS) is 10.6. The van der Waals surface area contributed by atoms with Gasteiger partial charge in [-0.15, -0.1) is 12.6 Å². The minimum Gasteiger partial charge on any atom is -0.349 e. The van der Waals surface area contributed by atoms with Gasteiger partial charge in [-0.2, -0.15) is 0 Å². The molecule has 0 aliphatic heterocycles. The van der Waals surface area contributed by atoms with Crippen molar-refractivity contribution in [2.75, 3.05) is 0 Å². The summed E-state index contributed by atoms with van der Waals surface area (Å²) in [5, 5.41) is 2.07. The van der Waals surface area contributed by atoms with E-state index in [0.29, 0.717) is 15.6 Å². The number of aromatic nitrogens is 1. The molecule has 0 unspecified atom stereocenters. The molecule has 0 aliphatic carbocycles. The minimum absolute atomic E-state index is 0.576. The molecule has 0 saturated heterocycles. The third-order valence-electron chi connectivity index (χ3n) is 1.90. The molecular formula is C9H6ClNOS. The van der Waals surface area contributed by atoms with Crippen LogP contribution in [0.1, 0.15) is 10.4 Å². The van der Waals surface area contributed by atoms with Crippen molar-refractivity contribution < 1.29 is 4.79 Å². The first kappa shape index (κ1) is 8.66. The highest BCUT2D eigenvalue weighted by molar-refractivity contribution is 7.80. The predicted octanol–water partition coefficient (Wildman–Crippen LogP) is 2.92. The first-order chi connectivity index (χ1) is 6.22. The Morgan fingerprint density at radius 1 is 1.46 bits per heavy atom. The van der Waals surface area contributed by atoms with E-state index in [9.17, 15) is 4.79 Å². The molecule has 4 heteroatoms. The van der Waals surface area contributed by atoms with Crippen molar-refractivity contribution in [3.05, 3.63) is 28.8 Å². The smallest absolute Gasteiger partial charge is 0.153 e. The van der Waals surface area contributed by atoms with Gasteiger partial charge in [0, 0.05) is 15.9 Å². The number of aldehydes is 1. The molecule has 2 aromatic rings. The Bertz CT molecular complexity index is 478. The molecule has 1 heterocycles. The fraction of sp³-hybridized carbons (Fsp3) is 0. The molecule has 2 nitrogen and oxygen atoms in total. The van der Waals surface area contributed by atoms with Gasteiger partial charge in [0.15, 0.2) is 6.29 Å². The molecular weight excluding hydrogens is 206 g/mol. The van der Waals surface area contributed by atoms with E-state index < -0.39 is 0 Å². The lowest BCUT2D eigenvalue weighted by Crippen LogP contribution is -1.76. The van der Waals surface area contributed by atoms with E-state index in [1.807, 2.05) is 0 Å². The summed E-state index contributed by atoms with van der Waals surface area (Å²) in [6.07, 6.45) is 0.787. The lowest BCUT2D eigenvalue weighted by atomic mass is 10.2. The number of H-pyrrole nitrogens is 1. The number of hydrogen-bond acceptors (Lipinski definition) is 2. The molecule has 1 N–H and O–H groups in total. The average Bonchev–Trinajstić information content (AvgIpc) is 2.39. The van der Waals surface area contributed by atoms with Crippen LogP contribution < -0.4 is 0 Å². The second-order valence-electron chi connectivity index (χ2n) is 2.70. The van der Waals surface area contributed by atoms with Crippen LogP contribution in [-0.2, 0) is 0 Å². The third kappa shape index (κ3) is 1.34. The molecule has 0 saturated carbocycles. The minimum atomic E-state index is 0.576. The largest absolute Gasteiger partial charge is 0.349 e. The van der Waals surface area contributed by atoms with Crippen molar-refractivity contribution in [1.29, 1.82) is 0 Å². The van der Waals surface area contributed by atoms with Gasteiger partial charge in [0.05, 0.1) is 10.6 Å². The highest BCUT2D eigenvalue weighted by Crippen LogP contribution is 2.25. The number of hydrogen-bond donors (Lipinski definition) is 2. The number of carbonyl (C=O) groups is 1. The van der Waals surface area contributed by atoms with Crippen molar-refractivity contribution in [2.45, 2.75) is 5.03 Å². The molecule has 0 bridgehead atoms. The van der Waals surface area contributed by atoms with E-state index in [2.05, 4.69) is 17.6 Å². The fourth-order valence-electron chi connectivity index (χ4n) is 1.30. The Hall–Kier alpha value is -0.930. The van der Waals surface area contributed by atoms with Crippen molar-refractivity contribution in [3.63, 3.8) is 0 Å². The Labute approximate surface area is 85.3 Å². The number of aromatic amines is 1. The van der Waals surface area contributed by atoms with Crippen LogP contribution in [0, 0.1) is 0 Å². The number of rotatable bonds is 1. The number of thiol groups is 1. The number of benzene rings is 1. The molecule has 0 amide bonds. The van der Waals surface area contributed by atoms with Gasteiger partial charge in [-0.05, 0) is 12.1 Å². The summed E-state index contributed by atoms with van der Waals surface area (Å²) in [4.78, 5) is 13.7. The summed E-state index contributed by atoms with van der Waals surface area (Å²) >= 11 is 9.93. The summed E-state index contributed by atoms with van der Waals surface area (Å²) in [5.41, 5.74) is 1.41. The van der Waals surface area contributed by atoms with Gasteiger partial charge >= 0.3 is 0 Å². The van der Waals surface area contributed by atoms with E-state index in [1.165, 1.54) is 0 Å². The molecule has 0 spiro atoms. The summed E-state index contributed by atoms with van der Waals surface area (Å²) in [5.74, 6) is 0. The monoisotopic (exact) mass is 211 g/mol. The van der Waals surface area contributed by atoms with Crippen molar-refractivity contribution >= 4 is 41.4 Å². The van der Waals surface area contributed by atoms with Crippen molar-refractivity contribution in [1.82, 2.24) is 4.98 Å². The Kier molecular flexibility index (Phi) is 2.06. The Morgan fingerprint density at radius 3 is 2.92 bits per heavy atom. The van der Waals surface area contributed by atoms with E-state index in [0.717, 1.165) is 17.2 Å². The molecule has 0 radical (unpaired) electrons. The maximum Gasteiger partial charge on any atom is 0.153 e. The number of nitrogens with one attached hydrogen (secondary N) is 1. The van der Waals surface area contributed by atoms with E-state index in [1.54, 1.807) is 18.2 Å². The molecule has 2 rings (SSSR count). The topological polar surface area (TPSA) is 32.9 Å². The van der Waals surface area contributed by atoms with E-state index >= 15 is 0 Å². The van der Waals surface area contributed by atoms with Gasteiger partial charge in [-0.25, -0.2) is 0 Å². The second-order valence-corrected chi connectivity index (χ2v) is 3.58. The van der Waals surface area contributed by atoms with E-state index in [4.69, 9.17) is 11.6 Å². The number of halogens is 1. The summed E-state index contributed by atoms with van der Waals surface area (Å²) in [6, 6.07) is 5.32. The molecule has 66 valence electrons. The maximum atomic E-state index is 10.7. The summed E-state index contributed by atoms with van der Waals surface area (Å²) < 4.78 is 0. The van der Waals surface area contributed by atoms with Crippen LogP contribution in [0.5, 0.6) is 0 Å². The standard InChI is InChI=1S/C9H6ClNOS/c10-5-1-2-6-7(4-12)9(13)11-8(6)3-5/h1-4,11,13H. The van der Waals surface area contributed by atoms with Crippen LogP contribution in [0.15, 0.2) is 23.2 Å². The Balaban J connectivity index is 2.86. The van der Waals surface area contributed by atoms with Crippen LogP contribution in [0.4, 0.5) is 0 Å². The Morgan fingerprint density at radius 2 is 2.23 bits per heavy atom. The zero-order valence-corrected chi connectivity index (χ0v) is 8.19. The van der Waals surface area contributed by atoms with Gasteiger partial charge in [-0.3, -0.25) is 4.79 Å². The van der Waals surface area contributed by atoms with Crippen LogP contribution in [-0.4, -0.2) is 11.3 Å². The van der Waals surface area contributed by atoms with Gasteiger partial charge in [0.25, 0.3) is 0 Å². The highest BCUT2D eigenvalue weighted by atomic mass is 35.5. The third-order valence-corrected chi connectivity index (χ3v) is 2.49. The van der Waals surface area contributed by atoms with Gasteiger partial charge in [0.2, 0.25) is 0 Å². The number of carbonyl (C=O) groups excluding carboxylic acids is 1. The predicted molar refractivity (Wildman–Crippen MR) is 55.9 cm³/mol. The molecule has 1 aromatic carbocycles. The molecule has 0 aliphatic rings. The molecule has 13 heavy (non-hydrogen) atoms. The average molecular weight is 212 g/mol. The fourth-order valence-corrected chi connectivity index (χ4v) is 1.76. The van der Waals surface area contributed by atoms with Gasteiger partial charge in [-0.1, -0.05) is 17.7 Å². The SMILES string of the molecule is O=Cc1c(S)[nH]c2cc(Cl)ccc12. The lowest BCUT2D eigenvalue weighted by Gasteiger charge is -1.90. The summed E-state index contributed by atoms with van der Waals surface area (Å²) in [7, 11) is 0. The molecule has 1 aromatic heterocycles. The van der Waals surface area contributed by atoms with Crippen LogP contribution >= 0.6 is 24.2 Å². The maximum absolute atomic E-state index is 10.7. The second kappa shape index (κ2) is 3.09. The highest BCUT2D eigenvalue weighted by Gasteiger charge is 2.07. The zero-order valence-electron chi connectivity index (χ0n) is 6.54. The molecule has 0 atom stereocenters. The van der Waals surface area contributed by atoms with Crippen LogP contribution in [0.2, 0.25) is 5.02 Å². The van der Waals surface area contributed by atoms with Crippen LogP contribution in [0.3, 0.4) is 0 Å². The van der Waals surface area contributed by atoms with Gasteiger partial charge < -0.3 is 4.98 Å². The van der Waals surface area contributed by atoms with Crippen molar-refractivity contribution in [3.8, 4) is 0 Å². The van der Waals surface area contributed by atoms with Crippen molar-refractivity contribution in [2.24, 2.45) is 0 Å². The van der Waals surface area contributed by atoms with Gasteiger partial charge in [0.1, 0.15) is 0 Å². The zero-order chi connectivity index (χ0) is 9.42. The van der Waals surface area contributed by atoms with E-state index in [-0.39, 0.29) is 0 Å². The van der Waals surface area contributed by atoms with Crippen LogP contribution in [0.25, 0.3) is 10.9 Å².